The van der Waals surface area contributed by atoms with E-state index < -0.39 is 7.82 Å². The van der Waals surface area contributed by atoms with E-state index >= 15 is 0 Å². The van der Waals surface area contributed by atoms with E-state index in [-0.39, 0.29) is 6.61 Å². The molecule has 0 rings (SSSR count). The molecule has 0 aromatic carbocycles. The molecule has 102 valence electrons. The number of phosphoric ester groups is 1. The Kier molecular flexibility index (Phi) is 15.4. The Morgan fingerprint density at radius 2 is 1.50 bits per heavy atom. The SMILES string of the molecule is CC.CC.COP(=O)(O)OCC[N+](C)(C)C. The van der Waals surface area contributed by atoms with Crippen LogP contribution in [0.2, 0.25) is 0 Å². The monoisotopic (exact) mass is 258 g/mol. The molecule has 16 heavy (non-hydrogen) atoms. The standard InChI is InChI=1S/C6H16NO4P.2C2H6/c1-7(2,3)5-6-11-12(8,9)10-4;2*1-2/h5-6H2,1-4H3;2*1-2H3/p+1. The molecule has 1 N–H and O–H groups in total. The van der Waals surface area contributed by atoms with Crippen molar-refractivity contribution in [2.24, 2.45) is 0 Å². The summed E-state index contributed by atoms with van der Waals surface area (Å²) in [7, 11) is 3.29. The molecule has 0 aliphatic heterocycles. The van der Waals surface area contributed by atoms with Crippen LogP contribution in [0, 0.1) is 0 Å². The number of quaternary nitrogens is 1. The Morgan fingerprint density at radius 1 is 1.12 bits per heavy atom. The van der Waals surface area contributed by atoms with Crippen molar-refractivity contribution in [2.75, 3.05) is 41.4 Å². The lowest BCUT2D eigenvalue weighted by Crippen LogP contribution is -2.37. The van der Waals surface area contributed by atoms with Crippen LogP contribution < -0.4 is 0 Å². The van der Waals surface area contributed by atoms with Gasteiger partial charge < -0.3 is 9.38 Å². The highest BCUT2D eigenvalue weighted by atomic mass is 31.2. The van der Waals surface area contributed by atoms with E-state index in [9.17, 15) is 4.57 Å². The predicted molar refractivity (Wildman–Crippen MR) is 68.4 cm³/mol. The smallest absolute Gasteiger partial charge is 0.329 e. The number of nitrogens with zero attached hydrogens (tertiary/aromatic N) is 1. The molecule has 0 saturated carbocycles. The molecule has 0 aromatic rings. The summed E-state index contributed by atoms with van der Waals surface area (Å²) in [5, 5.41) is 0. The van der Waals surface area contributed by atoms with Gasteiger partial charge in [-0.25, -0.2) is 4.57 Å². The molecule has 0 aliphatic rings. The third kappa shape index (κ3) is 19.6. The summed E-state index contributed by atoms with van der Waals surface area (Å²) in [6.07, 6.45) is 0. The van der Waals surface area contributed by atoms with E-state index in [1.54, 1.807) is 0 Å². The number of rotatable bonds is 5. The molecule has 0 spiro atoms. The molecular weight excluding hydrogens is 229 g/mol. The lowest BCUT2D eigenvalue weighted by atomic mass is 10.5. The maximum Gasteiger partial charge on any atom is 0.472 e. The predicted octanol–water partition coefficient (Wildman–Crippen LogP) is 2.51. The van der Waals surface area contributed by atoms with Crippen molar-refractivity contribution in [3.8, 4) is 0 Å². The van der Waals surface area contributed by atoms with Gasteiger partial charge in [0.15, 0.2) is 0 Å². The lowest BCUT2D eigenvalue weighted by molar-refractivity contribution is -0.870. The van der Waals surface area contributed by atoms with Gasteiger partial charge in [-0.05, 0) is 0 Å². The van der Waals surface area contributed by atoms with Crippen LogP contribution in [0.15, 0.2) is 0 Å². The summed E-state index contributed by atoms with van der Waals surface area (Å²) in [4.78, 5) is 8.82. The van der Waals surface area contributed by atoms with Crippen LogP contribution in [0.4, 0.5) is 0 Å². The summed E-state index contributed by atoms with van der Waals surface area (Å²) in [5.41, 5.74) is 0. The van der Waals surface area contributed by atoms with E-state index in [1.165, 1.54) is 0 Å². The van der Waals surface area contributed by atoms with Gasteiger partial charge in [0.05, 0.1) is 21.1 Å². The zero-order valence-electron chi connectivity index (χ0n) is 12.0. The highest BCUT2D eigenvalue weighted by Gasteiger charge is 2.19. The molecule has 0 aliphatic carbocycles. The van der Waals surface area contributed by atoms with Crippen molar-refractivity contribution in [1.82, 2.24) is 0 Å². The highest BCUT2D eigenvalue weighted by molar-refractivity contribution is 7.47. The van der Waals surface area contributed by atoms with Gasteiger partial charge in [-0.15, -0.1) is 0 Å². The minimum Gasteiger partial charge on any atom is -0.329 e. The van der Waals surface area contributed by atoms with E-state index in [0.717, 1.165) is 7.11 Å². The van der Waals surface area contributed by atoms with E-state index in [4.69, 9.17) is 4.89 Å². The van der Waals surface area contributed by atoms with Gasteiger partial charge in [0, 0.05) is 7.11 Å². The number of hydrogen-bond acceptors (Lipinski definition) is 3. The normalized spacial score (nSPS) is 13.8. The second-order valence-corrected chi connectivity index (χ2v) is 5.06. The van der Waals surface area contributed by atoms with Crippen molar-refractivity contribution in [1.29, 1.82) is 0 Å². The Hall–Kier alpha value is 0.0700. The maximum absolute atomic E-state index is 10.8. The average molecular weight is 258 g/mol. The molecule has 1 unspecified atom stereocenters. The number of phosphoric acid groups is 1. The molecule has 0 heterocycles. The fourth-order valence-electron chi connectivity index (χ4n) is 0.483. The van der Waals surface area contributed by atoms with Crippen LogP contribution in [0.1, 0.15) is 27.7 Å². The second-order valence-electron chi connectivity index (χ2n) is 3.50. The maximum atomic E-state index is 10.8. The topological polar surface area (TPSA) is 55.8 Å². The average Bonchev–Trinajstić information content (AvgIpc) is 2.22. The molecule has 0 radical (unpaired) electrons. The first kappa shape index (κ1) is 21.4. The number of likely N-dealkylation sites (N-methyl/N-ethyl adjacent to an activating group) is 1. The Bertz CT molecular complexity index is 180. The summed E-state index contributed by atoms with van der Waals surface area (Å²) >= 11 is 0. The van der Waals surface area contributed by atoms with Gasteiger partial charge in [0.1, 0.15) is 13.2 Å². The minimum absolute atomic E-state index is 0.213. The van der Waals surface area contributed by atoms with Gasteiger partial charge in [-0.1, -0.05) is 27.7 Å². The van der Waals surface area contributed by atoms with Gasteiger partial charge in [-0.3, -0.25) is 9.05 Å². The van der Waals surface area contributed by atoms with Crippen molar-refractivity contribution < 1.29 is 23.0 Å². The Balaban J connectivity index is -0.000000376. The van der Waals surface area contributed by atoms with Crippen LogP contribution in [-0.4, -0.2) is 50.8 Å². The molecule has 0 amide bonds. The van der Waals surface area contributed by atoms with Crippen LogP contribution in [0.5, 0.6) is 0 Å². The zero-order chi connectivity index (χ0) is 13.8. The summed E-state index contributed by atoms with van der Waals surface area (Å²) in [5.74, 6) is 0. The number of hydrogen-bond donors (Lipinski definition) is 1. The first-order valence-corrected chi connectivity index (χ1v) is 7.10. The van der Waals surface area contributed by atoms with E-state index in [1.807, 2.05) is 48.8 Å². The molecule has 0 fully saturated rings. The molecule has 0 aromatic heterocycles. The largest absolute Gasteiger partial charge is 0.472 e. The van der Waals surface area contributed by atoms with E-state index in [2.05, 4.69) is 9.05 Å². The molecule has 0 bridgehead atoms. The molecule has 1 atom stereocenters. The minimum atomic E-state index is -3.77. The summed E-state index contributed by atoms with van der Waals surface area (Å²) < 4.78 is 20.3. The third-order valence-corrected chi connectivity index (χ3v) is 2.22. The third-order valence-electron chi connectivity index (χ3n) is 1.25. The van der Waals surface area contributed by atoms with Crippen molar-refractivity contribution in [3.05, 3.63) is 0 Å². The Morgan fingerprint density at radius 3 is 1.75 bits per heavy atom. The summed E-state index contributed by atoms with van der Waals surface area (Å²) in [6.45, 7) is 8.87. The van der Waals surface area contributed by atoms with Crippen LogP contribution >= 0.6 is 7.82 Å². The fourth-order valence-corrected chi connectivity index (χ4v) is 0.901. The van der Waals surface area contributed by atoms with Crippen molar-refractivity contribution in [2.45, 2.75) is 27.7 Å². The van der Waals surface area contributed by atoms with Gasteiger partial charge in [-0.2, -0.15) is 0 Å². The molecular formula is C10H29NO4P+. The molecule has 0 saturated heterocycles. The van der Waals surface area contributed by atoms with Gasteiger partial charge >= 0.3 is 7.82 Å². The second kappa shape index (κ2) is 11.6. The van der Waals surface area contributed by atoms with Crippen LogP contribution in [-0.2, 0) is 13.6 Å². The van der Waals surface area contributed by atoms with Crippen LogP contribution in [0.25, 0.3) is 0 Å². The quantitative estimate of drug-likeness (QED) is 0.608. The fraction of sp³-hybridized carbons (Fsp3) is 1.00. The van der Waals surface area contributed by atoms with E-state index in [0.29, 0.717) is 11.0 Å². The zero-order valence-corrected chi connectivity index (χ0v) is 12.9. The van der Waals surface area contributed by atoms with Gasteiger partial charge in [0.25, 0.3) is 0 Å². The molecule has 5 nitrogen and oxygen atoms in total. The van der Waals surface area contributed by atoms with Crippen LogP contribution in [0.3, 0.4) is 0 Å². The molecule has 6 heteroatoms. The highest BCUT2D eigenvalue weighted by Crippen LogP contribution is 2.41. The van der Waals surface area contributed by atoms with Crippen molar-refractivity contribution in [3.63, 3.8) is 0 Å². The van der Waals surface area contributed by atoms with Crippen molar-refractivity contribution >= 4 is 7.82 Å². The summed E-state index contributed by atoms with van der Waals surface area (Å²) in [6, 6.07) is 0. The van der Waals surface area contributed by atoms with Gasteiger partial charge in [0.2, 0.25) is 0 Å². The first-order valence-electron chi connectivity index (χ1n) is 5.60. The first-order chi connectivity index (χ1) is 7.27. The Labute approximate surface area is 101 Å². The lowest BCUT2D eigenvalue weighted by Gasteiger charge is -2.23.